The highest BCUT2D eigenvalue weighted by Gasteiger charge is 2.17. The second-order valence-electron chi connectivity index (χ2n) is 3.57. The number of fused-ring (bicyclic) bond motifs is 1. The molecular weight excluding hydrogens is 190 g/mol. The molecule has 0 saturated heterocycles. The van der Waals surface area contributed by atoms with Gasteiger partial charge in [0.15, 0.2) is 0 Å². The van der Waals surface area contributed by atoms with Crippen LogP contribution in [0.3, 0.4) is 0 Å². The van der Waals surface area contributed by atoms with Crippen molar-refractivity contribution in [2.45, 2.75) is 13.0 Å². The Kier molecular flexibility index (Phi) is 1.99. The van der Waals surface area contributed by atoms with Crippen LogP contribution in [0, 0.1) is 0 Å². The van der Waals surface area contributed by atoms with Gasteiger partial charge in [-0.05, 0) is 12.1 Å². The van der Waals surface area contributed by atoms with Crippen LogP contribution in [0.15, 0.2) is 24.5 Å². The number of aromatic nitrogens is 3. The van der Waals surface area contributed by atoms with Crippen LogP contribution in [-0.2, 0) is 17.8 Å². The Balaban J connectivity index is 2.09. The Morgan fingerprint density at radius 2 is 2.13 bits per heavy atom. The summed E-state index contributed by atoms with van der Waals surface area (Å²) < 4.78 is 5.44. The molecule has 0 aromatic carbocycles. The van der Waals surface area contributed by atoms with E-state index in [1.165, 1.54) is 11.3 Å². The number of H-pyrrole nitrogens is 1. The molecule has 1 aliphatic heterocycles. The molecule has 0 unspecified atom stereocenters. The van der Waals surface area contributed by atoms with E-state index in [1.807, 2.05) is 12.1 Å². The number of ether oxygens (including phenoxy) is 1. The highest BCUT2D eigenvalue weighted by Crippen LogP contribution is 2.26. The Morgan fingerprint density at radius 1 is 1.27 bits per heavy atom. The van der Waals surface area contributed by atoms with Crippen LogP contribution in [0.2, 0.25) is 0 Å². The average Bonchev–Trinajstić information content (AvgIpc) is 2.74. The minimum atomic E-state index is 0.656. The molecular formula is C11H11N3O. The number of pyridine rings is 1. The van der Waals surface area contributed by atoms with Gasteiger partial charge in [0.25, 0.3) is 0 Å². The Labute approximate surface area is 87.3 Å². The van der Waals surface area contributed by atoms with Crippen molar-refractivity contribution in [2.24, 2.45) is 0 Å². The van der Waals surface area contributed by atoms with Crippen molar-refractivity contribution in [1.82, 2.24) is 15.2 Å². The molecule has 0 fully saturated rings. The van der Waals surface area contributed by atoms with E-state index >= 15 is 0 Å². The first-order valence-electron chi connectivity index (χ1n) is 4.99. The van der Waals surface area contributed by atoms with Crippen LogP contribution in [0.4, 0.5) is 0 Å². The van der Waals surface area contributed by atoms with Crippen molar-refractivity contribution in [1.29, 1.82) is 0 Å². The van der Waals surface area contributed by atoms with Gasteiger partial charge in [0.1, 0.15) is 0 Å². The molecule has 1 N–H and O–H groups in total. The van der Waals surface area contributed by atoms with E-state index in [0.29, 0.717) is 6.61 Å². The molecule has 76 valence electrons. The van der Waals surface area contributed by atoms with Gasteiger partial charge in [-0.2, -0.15) is 5.10 Å². The SMILES string of the molecule is c1cc(-c2n[nH]c3c2COCC3)ccn1. The molecule has 2 aromatic rings. The van der Waals surface area contributed by atoms with Crippen molar-refractivity contribution in [2.75, 3.05) is 6.61 Å². The lowest BCUT2D eigenvalue weighted by Gasteiger charge is -2.12. The molecule has 1 aliphatic rings. The van der Waals surface area contributed by atoms with Gasteiger partial charge >= 0.3 is 0 Å². The zero-order valence-corrected chi connectivity index (χ0v) is 8.23. The quantitative estimate of drug-likeness (QED) is 0.761. The topological polar surface area (TPSA) is 50.8 Å². The number of nitrogens with one attached hydrogen (secondary N) is 1. The predicted molar refractivity (Wildman–Crippen MR) is 55.2 cm³/mol. The normalized spacial score (nSPS) is 14.9. The van der Waals surface area contributed by atoms with E-state index in [2.05, 4.69) is 15.2 Å². The third-order valence-electron chi connectivity index (χ3n) is 2.65. The molecule has 0 bridgehead atoms. The van der Waals surface area contributed by atoms with Gasteiger partial charge in [0.05, 0.1) is 18.9 Å². The van der Waals surface area contributed by atoms with E-state index in [1.54, 1.807) is 12.4 Å². The number of hydrogen-bond donors (Lipinski definition) is 1. The van der Waals surface area contributed by atoms with E-state index < -0.39 is 0 Å². The van der Waals surface area contributed by atoms with E-state index in [-0.39, 0.29) is 0 Å². The van der Waals surface area contributed by atoms with Crippen molar-refractivity contribution in [3.05, 3.63) is 35.8 Å². The maximum Gasteiger partial charge on any atom is 0.0979 e. The third-order valence-corrected chi connectivity index (χ3v) is 2.65. The van der Waals surface area contributed by atoms with Crippen LogP contribution >= 0.6 is 0 Å². The standard InChI is InChI=1S/C11H11N3O/c1-4-12-5-2-8(1)11-9-7-15-6-3-10(9)13-14-11/h1-2,4-5H,3,6-7H2,(H,13,14). The first-order chi connectivity index (χ1) is 7.45. The van der Waals surface area contributed by atoms with Crippen LogP contribution < -0.4 is 0 Å². The van der Waals surface area contributed by atoms with Crippen LogP contribution in [0.25, 0.3) is 11.3 Å². The van der Waals surface area contributed by atoms with E-state index in [0.717, 1.165) is 24.3 Å². The number of aromatic amines is 1. The van der Waals surface area contributed by atoms with E-state index in [9.17, 15) is 0 Å². The summed E-state index contributed by atoms with van der Waals surface area (Å²) in [7, 11) is 0. The summed E-state index contributed by atoms with van der Waals surface area (Å²) in [5.74, 6) is 0. The first-order valence-corrected chi connectivity index (χ1v) is 4.99. The second-order valence-corrected chi connectivity index (χ2v) is 3.57. The van der Waals surface area contributed by atoms with Gasteiger partial charge in [-0.3, -0.25) is 10.1 Å². The maximum absolute atomic E-state index is 5.44. The summed E-state index contributed by atoms with van der Waals surface area (Å²) in [4.78, 5) is 4.00. The third kappa shape index (κ3) is 1.43. The molecule has 4 nitrogen and oxygen atoms in total. The van der Waals surface area contributed by atoms with Gasteiger partial charge in [-0.1, -0.05) is 0 Å². The summed E-state index contributed by atoms with van der Waals surface area (Å²) in [6.07, 6.45) is 4.48. The van der Waals surface area contributed by atoms with Gasteiger partial charge < -0.3 is 4.74 Å². The molecule has 0 saturated carbocycles. The minimum absolute atomic E-state index is 0.656. The zero-order valence-electron chi connectivity index (χ0n) is 8.23. The van der Waals surface area contributed by atoms with Crippen LogP contribution in [-0.4, -0.2) is 21.8 Å². The maximum atomic E-state index is 5.44. The fraction of sp³-hybridized carbons (Fsp3) is 0.273. The smallest absolute Gasteiger partial charge is 0.0979 e. The molecule has 0 spiro atoms. The predicted octanol–water partition coefficient (Wildman–Crippen LogP) is 1.54. The summed E-state index contributed by atoms with van der Waals surface area (Å²) >= 11 is 0. The molecule has 3 rings (SSSR count). The molecule has 15 heavy (non-hydrogen) atoms. The van der Waals surface area contributed by atoms with Crippen molar-refractivity contribution >= 4 is 0 Å². The largest absolute Gasteiger partial charge is 0.376 e. The molecule has 0 radical (unpaired) electrons. The first kappa shape index (κ1) is 8.61. The lowest BCUT2D eigenvalue weighted by atomic mass is 10.1. The van der Waals surface area contributed by atoms with Gasteiger partial charge in [-0.25, -0.2) is 0 Å². The molecule has 2 aromatic heterocycles. The van der Waals surface area contributed by atoms with Gasteiger partial charge in [-0.15, -0.1) is 0 Å². The van der Waals surface area contributed by atoms with E-state index in [4.69, 9.17) is 4.74 Å². The van der Waals surface area contributed by atoms with Crippen LogP contribution in [0.5, 0.6) is 0 Å². The summed E-state index contributed by atoms with van der Waals surface area (Å²) in [6, 6.07) is 3.93. The molecule has 0 aliphatic carbocycles. The van der Waals surface area contributed by atoms with Crippen molar-refractivity contribution in [3.8, 4) is 11.3 Å². The summed E-state index contributed by atoms with van der Waals surface area (Å²) in [5, 5.41) is 7.41. The molecule has 0 amide bonds. The summed E-state index contributed by atoms with van der Waals surface area (Å²) in [5.41, 5.74) is 4.47. The van der Waals surface area contributed by atoms with Crippen LogP contribution in [0.1, 0.15) is 11.3 Å². The zero-order chi connectivity index (χ0) is 10.1. The number of nitrogens with zero attached hydrogens (tertiary/aromatic N) is 2. The average molecular weight is 201 g/mol. The minimum Gasteiger partial charge on any atom is -0.376 e. The highest BCUT2D eigenvalue weighted by atomic mass is 16.5. The lowest BCUT2D eigenvalue weighted by Crippen LogP contribution is -2.08. The van der Waals surface area contributed by atoms with Crippen molar-refractivity contribution < 1.29 is 4.74 Å². The Morgan fingerprint density at radius 3 is 3.00 bits per heavy atom. The fourth-order valence-corrected chi connectivity index (χ4v) is 1.86. The second kappa shape index (κ2) is 3.47. The number of hydrogen-bond acceptors (Lipinski definition) is 3. The van der Waals surface area contributed by atoms with Crippen molar-refractivity contribution in [3.63, 3.8) is 0 Å². The van der Waals surface area contributed by atoms with Gasteiger partial charge in [0, 0.05) is 35.6 Å². The highest BCUT2D eigenvalue weighted by molar-refractivity contribution is 5.63. The number of rotatable bonds is 1. The molecule has 4 heteroatoms. The molecule has 0 atom stereocenters. The fourth-order valence-electron chi connectivity index (χ4n) is 1.86. The monoisotopic (exact) mass is 201 g/mol. The Hall–Kier alpha value is -1.68. The summed E-state index contributed by atoms with van der Waals surface area (Å²) in [6.45, 7) is 1.44. The Bertz CT molecular complexity index is 464. The van der Waals surface area contributed by atoms with Gasteiger partial charge in [0.2, 0.25) is 0 Å². The lowest BCUT2D eigenvalue weighted by molar-refractivity contribution is 0.110. The molecule has 3 heterocycles.